The van der Waals surface area contributed by atoms with E-state index < -0.39 is 18.2 Å². The van der Waals surface area contributed by atoms with Crippen LogP contribution < -0.4 is 0 Å². The highest BCUT2D eigenvalue weighted by molar-refractivity contribution is 9.10. The van der Waals surface area contributed by atoms with Gasteiger partial charge in [-0.25, -0.2) is 0 Å². The zero-order valence-electron chi connectivity index (χ0n) is 12.1. The molecule has 1 saturated carbocycles. The van der Waals surface area contributed by atoms with Gasteiger partial charge in [0.25, 0.3) is 0 Å². The fraction of sp³-hybridized carbons (Fsp3) is 0.786. The molecule has 1 aliphatic carbocycles. The lowest BCUT2D eigenvalue weighted by molar-refractivity contribution is -0.189. The number of aromatic nitrogens is 2. The molecular formula is C14H20BrF3N2O. The predicted octanol–water partition coefficient (Wildman–Crippen LogP) is 4.63. The van der Waals surface area contributed by atoms with Crippen LogP contribution in [-0.4, -0.2) is 21.1 Å². The molecule has 0 amide bonds. The smallest absolute Gasteiger partial charge is 0.386 e. The molecule has 1 aliphatic rings. The molecule has 2 rings (SSSR count). The van der Waals surface area contributed by atoms with Gasteiger partial charge in [0.2, 0.25) is 0 Å². The molecule has 1 fully saturated rings. The third-order valence-corrected chi connectivity index (χ3v) is 4.79. The summed E-state index contributed by atoms with van der Waals surface area (Å²) in [5, 5.41) is 14.8. The molecule has 7 heteroatoms. The monoisotopic (exact) mass is 368 g/mol. The number of rotatable bonds is 3. The molecule has 1 heterocycles. The van der Waals surface area contributed by atoms with Gasteiger partial charge in [0.05, 0.1) is 28.4 Å². The molecule has 1 aromatic heterocycles. The maximum Gasteiger partial charge on any atom is 0.391 e. The molecule has 0 saturated heterocycles. The number of hydrogen-bond donors (Lipinski definition) is 1. The maximum atomic E-state index is 12.9. The summed E-state index contributed by atoms with van der Waals surface area (Å²) in [5.41, 5.74) is 0.581. The van der Waals surface area contributed by atoms with Crippen molar-refractivity contribution in [3.8, 4) is 0 Å². The third kappa shape index (κ3) is 3.62. The zero-order valence-corrected chi connectivity index (χ0v) is 13.7. The lowest BCUT2D eigenvalue weighted by atomic mass is 9.77. The van der Waals surface area contributed by atoms with Gasteiger partial charge in [-0.3, -0.25) is 4.68 Å². The molecule has 3 atom stereocenters. The number of nitrogens with zero attached hydrogens (tertiary/aromatic N) is 2. The number of aliphatic hydroxyl groups is 1. The van der Waals surface area contributed by atoms with Crippen molar-refractivity contribution in [3.05, 3.63) is 16.4 Å². The first kappa shape index (κ1) is 16.8. The summed E-state index contributed by atoms with van der Waals surface area (Å²) in [6.45, 7) is 3.85. The summed E-state index contributed by atoms with van der Waals surface area (Å²) in [6, 6.07) is 0.0444. The Morgan fingerprint density at radius 1 is 1.38 bits per heavy atom. The Hall–Kier alpha value is -0.560. The highest BCUT2D eigenvalue weighted by Gasteiger charge is 2.44. The van der Waals surface area contributed by atoms with Crippen molar-refractivity contribution in [1.29, 1.82) is 0 Å². The number of alkyl halides is 3. The van der Waals surface area contributed by atoms with Gasteiger partial charge in [-0.05, 0) is 55.0 Å². The van der Waals surface area contributed by atoms with E-state index in [1.165, 1.54) is 0 Å². The molecular weight excluding hydrogens is 349 g/mol. The van der Waals surface area contributed by atoms with Crippen LogP contribution in [0.25, 0.3) is 0 Å². The molecule has 0 aromatic carbocycles. The van der Waals surface area contributed by atoms with Gasteiger partial charge < -0.3 is 5.11 Å². The normalized spacial score (nSPS) is 25.3. The molecule has 0 radical (unpaired) electrons. The van der Waals surface area contributed by atoms with Crippen LogP contribution in [0, 0.1) is 11.8 Å². The van der Waals surface area contributed by atoms with E-state index in [0.29, 0.717) is 23.0 Å². The Balaban J connectivity index is 2.20. The standard InChI is InChI=1S/C14H20BrF3N2O/c1-8(2)20-12(11(15)7-19-20)13(21)9-4-3-5-10(6-9)14(16,17)18/h7-10,13,21H,3-6H2,1-2H3. The fourth-order valence-corrected chi connectivity index (χ4v) is 3.58. The van der Waals surface area contributed by atoms with E-state index in [0.717, 1.165) is 0 Å². The summed E-state index contributed by atoms with van der Waals surface area (Å²) >= 11 is 3.34. The Morgan fingerprint density at radius 3 is 2.62 bits per heavy atom. The molecule has 1 aromatic rings. The van der Waals surface area contributed by atoms with Gasteiger partial charge >= 0.3 is 6.18 Å². The average Bonchev–Trinajstić information content (AvgIpc) is 2.79. The van der Waals surface area contributed by atoms with Crippen LogP contribution in [0.5, 0.6) is 0 Å². The van der Waals surface area contributed by atoms with Crippen LogP contribution in [0.3, 0.4) is 0 Å². The molecule has 3 nitrogen and oxygen atoms in total. The van der Waals surface area contributed by atoms with Crippen molar-refractivity contribution in [2.45, 2.75) is 57.9 Å². The van der Waals surface area contributed by atoms with Crippen molar-refractivity contribution in [1.82, 2.24) is 9.78 Å². The minimum absolute atomic E-state index is 0.0135. The average molecular weight is 369 g/mol. The van der Waals surface area contributed by atoms with Crippen LogP contribution in [0.2, 0.25) is 0 Å². The number of aliphatic hydroxyl groups excluding tert-OH is 1. The molecule has 0 bridgehead atoms. The second-order valence-corrected chi connectivity index (χ2v) is 6.88. The number of hydrogen-bond acceptors (Lipinski definition) is 2. The highest BCUT2D eigenvalue weighted by Crippen LogP contribution is 2.45. The van der Waals surface area contributed by atoms with Crippen molar-refractivity contribution >= 4 is 15.9 Å². The second-order valence-electron chi connectivity index (χ2n) is 6.03. The first-order valence-corrected chi connectivity index (χ1v) is 7.98. The van der Waals surface area contributed by atoms with Crippen molar-refractivity contribution in [2.75, 3.05) is 0 Å². The van der Waals surface area contributed by atoms with Gasteiger partial charge in [0.15, 0.2) is 0 Å². The molecule has 0 aliphatic heterocycles. The van der Waals surface area contributed by atoms with Crippen LogP contribution in [-0.2, 0) is 0 Å². The fourth-order valence-electron chi connectivity index (χ4n) is 3.07. The van der Waals surface area contributed by atoms with Crippen molar-refractivity contribution in [3.63, 3.8) is 0 Å². The van der Waals surface area contributed by atoms with E-state index in [-0.39, 0.29) is 24.8 Å². The SMILES string of the molecule is CC(C)n1ncc(Br)c1C(O)C1CCCC(C(F)(F)F)C1. The quantitative estimate of drug-likeness (QED) is 0.844. The maximum absolute atomic E-state index is 12.9. The summed E-state index contributed by atoms with van der Waals surface area (Å²) < 4.78 is 41.0. The Labute approximate surface area is 130 Å². The first-order valence-electron chi connectivity index (χ1n) is 7.19. The van der Waals surface area contributed by atoms with Crippen LogP contribution in [0.1, 0.15) is 57.4 Å². The molecule has 1 N–H and O–H groups in total. The van der Waals surface area contributed by atoms with E-state index in [9.17, 15) is 18.3 Å². The zero-order chi connectivity index (χ0) is 15.8. The van der Waals surface area contributed by atoms with E-state index in [1.807, 2.05) is 13.8 Å². The molecule has 0 spiro atoms. The second kappa shape index (κ2) is 6.28. The highest BCUT2D eigenvalue weighted by atomic mass is 79.9. The van der Waals surface area contributed by atoms with Gasteiger partial charge in [-0.15, -0.1) is 0 Å². The Kier molecular flexibility index (Phi) is 5.03. The topological polar surface area (TPSA) is 38.0 Å². The summed E-state index contributed by atoms with van der Waals surface area (Å²) in [6.07, 6.45) is -2.24. The van der Waals surface area contributed by atoms with E-state index in [1.54, 1.807) is 10.9 Å². The minimum Gasteiger partial charge on any atom is -0.386 e. The van der Waals surface area contributed by atoms with Gasteiger partial charge in [0, 0.05) is 6.04 Å². The number of halogens is 4. The lowest BCUT2D eigenvalue weighted by Crippen LogP contribution is -2.31. The molecule has 120 valence electrons. The Morgan fingerprint density at radius 2 is 2.05 bits per heavy atom. The van der Waals surface area contributed by atoms with Crippen molar-refractivity contribution < 1.29 is 18.3 Å². The predicted molar refractivity (Wildman–Crippen MR) is 76.8 cm³/mol. The first-order chi connectivity index (χ1) is 9.71. The minimum atomic E-state index is -4.17. The lowest BCUT2D eigenvalue weighted by Gasteiger charge is -2.33. The van der Waals surface area contributed by atoms with Crippen LogP contribution in [0.15, 0.2) is 10.7 Å². The summed E-state index contributed by atoms with van der Waals surface area (Å²) in [4.78, 5) is 0. The Bertz CT molecular complexity index is 487. The van der Waals surface area contributed by atoms with Gasteiger partial charge in [-0.2, -0.15) is 18.3 Å². The van der Waals surface area contributed by atoms with E-state index in [2.05, 4.69) is 21.0 Å². The van der Waals surface area contributed by atoms with Crippen LogP contribution >= 0.6 is 15.9 Å². The molecule has 21 heavy (non-hydrogen) atoms. The van der Waals surface area contributed by atoms with E-state index >= 15 is 0 Å². The summed E-state index contributed by atoms with van der Waals surface area (Å²) in [5.74, 6) is -1.68. The largest absolute Gasteiger partial charge is 0.391 e. The van der Waals surface area contributed by atoms with Gasteiger partial charge in [0.1, 0.15) is 0 Å². The van der Waals surface area contributed by atoms with Crippen LogP contribution in [0.4, 0.5) is 13.2 Å². The summed E-state index contributed by atoms with van der Waals surface area (Å²) in [7, 11) is 0. The van der Waals surface area contributed by atoms with Crippen molar-refractivity contribution in [2.24, 2.45) is 11.8 Å². The molecule has 3 unspecified atom stereocenters. The van der Waals surface area contributed by atoms with E-state index in [4.69, 9.17) is 0 Å². The third-order valence-electron chi connectivity index (χ3n) is 4.18. The van der Waals surface area contributed by atoms with Gasteiger partial charge in [-0.1, -0.05) is 6.42 Å².